The van der Waals surface area contributed by atoms with Gasteiger partial charge in [-0.1, -0.05) is 37.6 Å². The van der Waals surface area contributed by atoms with Crippen molar-refractivity contribution in [3.8, 4) is 0 Å². The number of rotatable bonds is 5. The average molecular weight is 279 g/mol. The van der Waals surface area contributed by atoms with Crippen LogP contribution >= 0.6 is 0 Å². The lowest BCUT2D eigenvalue weighted by Gasteiger charge is -2.25. The minimum Gasteiger partial charge on any atom is -0.294 e. The van der Waals surface area contributed by atoms with Crippen molar-refractivity contribution in [2.24, 2.45) is 0 Å². The second-order valence-electron chi connectivity index (χ2n) is 4.99. The van der Waals surface area contributed by atoms with Crippen molar-refractivity contribution in [1.29, 1.82) is 0 Å². The van der Waals surface area contributed by atoms with Gasteiger partial charge < -0.3 is 0 Å². The molecular weight excluding hydrogens is 258 g/mol. The Bertz CT molecular complexity index is 446. The molecule has 104 valence electrons. The standard InChI is InChI=1S/C15H21NO2S/c1-2-3-13-4-6-14(7-5-13)15(17)12-16-8-10-19(18)11-9-16/h4-7H,2-3,8-12H2,1H3. The molecule has 0 aromatic heterocycles. The maximum atomic E-state index is 12.1. The lowest BCUT2D eigenvalue weighted by molar-refractivity contribution is 0.0936. The van der Waals surface area contributed by atoms with Gasteiger partial charge in [-0.15, -0.1) is 0 Å². The highest BCUT2D eigenvalue weighted by atomic mass is 32.2. The van der Waals surface area contributed by atoms with E-state index in [2.05, 4.69) is 11.8 Å². The van der Waals surface area contributed by atoms with E-state index in [1.165, 1.54) is 5.56 Å². The number of nitrogens with zero attached hydrogens (tertiary/aromatic N) is 1. The second-order valence-corrected chi connectivity index (χ2v) is 6.69. The Morgan fingerprint density at radius 1 is 1.21 bits per heavy atom. The summed E-state index contributed by atoms with van der Waals surface area (Å²) in [6, 6.07) is 7.94. The Morgan fingerprint density at radius 3 is 2.42 bits per heavy atom. The molecule has 1 aliphatic heterocycles. The number of hydrogen-bond acceptors (Lipinski definition) is 3. The summed E-state index contributed by atoms with van der Waals surface area (Å²) >= 11 is 0. The van der Waals surface area contributed by atoms with Crippen LogP contribution in [0.4, 0.5) is 0 Å². The number of carbonyl (C=O) groups excluding carboxylic acids is 1. The van der Waals surface area contributed by atoms with Crippen LogP contribution in [0.25, 0.3) is 0 Å². The van der Waals surface area contributed by atoms with Crippen LogP contribution in [0.3, 0.4) is 0 Å². The number of benzene rings is 1. The summed E-state index contributed by atoms with van der Waals surface area (Å²) in [5, 5.41) is 0. The molecule has 0 atom stereocenters. The zero-order valence-corrected chi connectivity index (χ0v) is 12.2. The van der Waals surface area contributed by atoms with Crippen LogP contribution < -0.4 is 0 Å². The van der Waals surface area contributed by atoms with E-state index in [0.29, 0.717) is 18.1 Å². The lowest BCUT2D eigenvalue weighted by atomic mass is 10.1. The normalized spacial score (nSPS) is 17.5. The molecule has 1 heterocycles. The Balaban J connectivity index is 1.90. The molecular formula is C15H21NO2S. The minimum absolute atomic E-state index is 0.163. The molecule has 1 aromatic rings. The predicted molar refractivity (Wildman–Crippen MR) is 79.1 cm³/mol. The highest BCUT2D eigenvalue weighted by Crippen LogP contribution is 2.09. The average Bonchev–Trinajstić information content (AvgIpc) is 2.42. The van der Waals surface area contributed by atoms with Gasteiger partial charge in [0.25, 0.3) is 0 Å². The summed E-state index contributed by atoms with van der Waals surface area (Å²) in [5.41, 5.74) is 2.07. The molecule has 0 aliphatic carbocycles. The van der Waals surface area contributed by atoms with E-state index in [-0.39, 0.29) is 5.78 Å². The van der Waals surface area contributed by atoms with E-state index in [9.17, 15) is 9.00 Å². The summed E-state index contributed by atoms with van der Waals surface area (Å²) in [4.78, 5) is 14.2. The molecule has 0 saturated carbocycles. The fourth-order valence-corrected chi connectivity index (χ4v) is 3.40. The predicted octanol–water partition coefficient (Wildman–Crippen LogP) is 1.89. The van der Waals surface area contributed by atoms with Crippen LogP contribution in [0.1, 0.15) is 29.3 Å². The molecule has 1 fully saturated rings. The fourth-order valence-electron chi connectivity index (χ4n) is 2.27. The molecule has 0 radical (unpaired) electrons. The van der Waals surface area contributed by atoms with Gasteiger partial charge >= 0.3 is 0 Å². The van der Waals surface area contributed by atoms with E-state index < -0.39 is 10.8 Å². The van der Waals surface area contributed by atoms with E-state index in [1.54, 1.807) is 0 Å². The van der Waals surface area contributed by atoms with Gasteiger partial charge in [0, 0.05) is 41.0 Å². The van der Waals surface area contributed by atoms with Crippen molar-refractivity contribution in [1.82, 2.24) is 4.90 Å². The highest BCUT2D eigenvalue weighted by molar-refractivity contribution is 7.85. The van der Waals surface area contributed by atoms with Crippen molar-refractivity contribution >= 4 is 16.6 Å². The van der Waals surface area contributed by atoms with Crippen molar-refractivity contribution in [3.05, 3.63) is 35.4 Å². The van der Waals surface area contributed by atoms with Crippen LogP contribution in [0, 0.1) is 0 Å². The molecule has 0 spiro atoms. The molecule has 0 amide bonds. The topological polar surface area (TPSA) is 37.4 Å². The van der Waals surface area contributed by atoms with Crippen molar-refractivity contribution in [2.45, 2.75) is 19.8 Å². The molecule has 1 aromatic carbocycles. The minimum atomic E-state index is -0.679. The zero-order chi connectivity index (χ0) is 13.7. The lowest BCUT2D eigenvalue weighted by Crippen LogP contribution is -2.40. The molecule has 1 aliphatic rings. The fraction of sp³-hybridized carbons (Fsp3) is 0.533. The molecule has 19 heavy (non-hydrogen) atoms. The number of carbonyl (C=O) groups is 1. The quantitative estimate of drug-likeness (QED) is 0.772. The molecule has 0 N–H and O–H groups in total. The molecule has 1 saturated heterocycles. The van der Waals surface area contributed by atoms with Gasteiger partial charge in [-0.2, -0.15) is 0 Å². The van der Waals surface area contributed by atoms with E-state index in [0.717, 1.165) is 31.5 Å². The van der Waals surface area contributed by atoms with Crippen molar-refractivity contribution in [2.75, 3.05) is 31.1 Å². The van der Waals surface area contributed by atoms with Crippen molar-refractivity contribution < 1.29 is 9.00 Å². The van der Waals surface area contributed by atoms with E-state index in [4.69, 9.17) is 0 Å². The third-order valence-electron chi connectivity index (χ3n) is 3.45. The number of ketones is 1. The first-order valence-corrected chi connectivity index (χ1v) is 8.37. The van der Waals surface area contributed by atoms with Gasteiger partial charge in [0.15, 0.2) is 5.78 Å². The molecule has 0 bridgehead atoms. The van der Waals surface area contributed by atoms with Crippen LogP contribution in [0.5, 0.6) is 0 Å². The molecule has 0 unspecified atom stereocenters. The maximum absolute atomic E-state index is 12.1. The van der Waals surface area contributed by atoms with Crippen LogP contribution in [0.2, 0.25) is 0 Å². The first-order valence-electron chi connectivity index (χ1n) is 6.88. The van der Waals surface area contributed by atoms with Gasteiger partial charge in [-0.25, -0.2) is 0 Å². The Morgan fingerprint density at radius 2 is 1.84 bits per heavy atom. The number of aryl methyl sites for hydroxylation is 1. The van der Waals surface area contributed by atoms with E-state index >= 15 is 0 Å². The van der Waals surface area contributed by atoms with Gasteiger partial charge in [0.2, 0.25) is 0 Å². The summed E-state index contributed by atoms with van der Waals surface area (Å²) < 4.78 is 11.3. The summed E-state index contributed by atoms with van der Waals surface area (Å²) in [7, 11) is -0.679. The zero-order valence-electron chi connectivity index (χ0n) is 11.4. The summed E-state index contributed by atoms with van der Waals surface area (Å²) in [6.07, 6.45) is 2.19. The third-order valence-corrected chi connectivity index (χ3v) is 4.73. The van der Waals surface area contributed by atoms with E-state index in [1.807, 2.05) is 24.3 Å². The second kappa shape index (κ2) is 6.96. The monoisotopic (exact) mass is 279 g/mol. The Kier molecular flexibility index (Phi) is 5.28. The van der Waals surface area contributed by atoms with Gasteiger partial charge in [0.1, 0.15) is 0 Å². The number of hydrogen-bond donors (Lipinski definition) is 0. The third kappa shape index (κ3) is 4.25. The van der Waals surface area contributed by atoms with Crippen LogP contribution in [-0.4, -0.2) is 46.0 Å². The molecule has 4 heteroatoms. The first-order chi connectivity index (χ1) is 9.19. The van der Waals surface area contributed by atoms with Gasteiger partial charge in [-0.05, 0) is 12.0 Å². The Hall–Kier alpha value is -1.00. The SMILES string of the molecule is CCCc1ccc(C(=O)CN2CCS(=O)CC2)cc1. The van der Waals surface area contributed by atoms with Crippen molar-refractivity contribution in [3.63, 3.8) is 0 Å². The van der Waals surface area contributed by atoms with Gasteiger partial charge in [-0.3, -0.25) is 13.9 Å². The highest BCUT2D eigenvalue weighted by Gasteiger charge is 2.18. The van der Waals surface area contributed by atoms with Crippen LogP contribution in [-0.2, 0) is 17.2 Å². The van der Waals surface area contributed by atoms with Crippen LogP contribution in [0.15, 0.2) is 24.3 Å². The largest absolute Gasteiger partial charge is 0.294 e. The maximum Gasteiger partial charge on any atom is 0.176 e. The summed E-state index contributed by atoms with van der Waals surface area (Å²) in [5.74, 6) is 1.56. The first kappa shape index (κ1) is 14.4. The number of Topliss-reactive ketones (excluding diaryl/α,β-unsaturated/α-hetero) is 1. The van der Waals surface area contributed by atoms with Gasteiger partial charge in [0.05, 0.1) is 6.54 Å². The summed E-state index contributed by atoms with van der Waals surface area (Å²) in [6.45, 7) is 4.14. The molecule has 2 rings (SSSR count). The molecule has 3 nitrogen and oxygen atoms in total. The smallest absolute Gasteiger partial charge is 0.176 e. The Labute approximate surface area is 117 Å².